The van der Waals surface area contributed by atoms with Gasteiger partial charge in [0, 0.05) is 24.7 Å². The van der Waals surface area contributed by atoms with Gasteiger partial charge >= 0.3 is 0 Å². The molecule has 3 aliphatic rings. The lowest BCUT2D eigenvalue weighted by molar-refractivity contribution is 0.0560. The molecule has 2 nitrogen and oxygen atoms in total. The van der Waals surface area contributed by atoms with Crippen LogP contribution in [0.1, 0.15) is 71.1 Å². The fourth-order valence-corrected chi connectivity index (χ4v) is 4.84. The molecule has 2 heteroatoms. The Kier molecular flexibility index (Phi) is 3.92. The quantitative estimate of drug-likeness (QED) is 0.820. The first kappa shape index (κ1) is 13.9. The van der Waals surface area contributed by atoms with Gasteiger partial charge in [0.2, 0.25) is 0 Å². The predicted molar refractivity (Wildman–Crippen MR) is 81.4 cm³/mol. The van der Waals surface area contributed by atoms with E-state index in [4.69, 9.17) is 0 Å². The number of likely N-dealkylation sites (tertiary alicyclic amines) is 1. The highest BCUT2D eigenvalue weighted by Gasteiger charge is 2.40. The van der Waals surface area contributed by atoms with Gasteiger partial charge in [-0.1, -0.05) is 12.8 Å². The molecule has 0 unspecified atom stereocenters. The Morgan fingerprint density at radius 2 is 1.47 bits per heavy atom. The largest absolute Gasteiger partial charge is 0.314 e. The predicted octanol–water partition coefficient (Wildman–Crippen LogP) is 3.56. The van der Waals surface area contributed by atoms with E-state index >= 15 is 0 Å². The smallest absolute Gasteiger partial charge is 0.0174 e. The summed E-state index contributed by atoms with van der Waals surface area (Å²) < 4.78 is 0. The van der Waals surface area contributed by atoms with Crippen LogP contribution in [0.5, 0.6) is 0 Å². The minimum Gasteiger partial charge on any atom is -0.314 e. The first-order valence-corrected chi connectivity index (χ1v) is 8.58. The van der Waals surface area contributed by atoms with Crippen molar-refractivity contribution in [3.8, 4) is 0 Å². The molecule has 0 amide bonds. The number of rotatable bonds is 2. The lowest BCUT2D eigenvalue weighted by atomic mass is 9.71. The lowest BCUT2D eigenvalue weighted by Crippen LogP contribution is -2.53. The Balaban J connectivity index is 1.50. The highest BCUT2D eigenvalue weighted by molar-refractivity contribution is 4.95. The summed E-state index contributed by atoms with van der Waals surface area (Å²) in [5, 5.41) is 3.52. The molecule has 1 spiro atoms. The topological polar surface area (TPSA) is 15.3 Å². The number of hydrogen-bond donors (Lipinski definition) is 1. The molecule has 0 aromatic rings. The van der Waals surface area contributed by atoms with Crippen molar-refractivity contribution < 1.29 is 0 Å². The van der Waals surface area contributed by atoms with Crippen LogP contribution < -0.4 is 5.32 Å². The summed E-state index contributed by atoms with van der Waals surface area (Å²) in [6, 6.07) is 0.910. The maximum absolute atomic E-state index is 3.52. The third-order valence-electron chi connectivity index (χ3n) is 6.70. The SMILES string of the molecule is CNC1(C)CCN(C2CCC3(CCCC3)CC2)CC1. The van der Waals surface area contributed by atoms with Crippen LogP contribution in [0.15, 0.2) is 0 Å². The van der Waals surface area contributed by atoms with Gasteiger partial charge in [-0.15, -0.1) is 0 Å². The summed E-state index contributed by atoms with van der Waals surface area (Å²) in [4.78, 5) is 2.81. The first-order valence-electron chi connectivity index (χ1n) is 8.58. The number of nitrogens with zero attached hydrogens (tertiary/aromatic N) is 1. The summed E-state index contributed by atoms with van der Waals surface area (Å²) >= 11 is 0. The molecular weight excluding hydrogens is 232 g/mol. The van der Waals surface area contributed by atoms with Crippen LogP contribution in [-0.2, 0) is 0 Å². The van der Waals surface area contributed by atoms with E-state index in [1.54, 1.807) is 0 Å². The van der Waals surface area contributed by atoms with Gasteiger partial charge in [-0.3, -0.25) is 0 Å². The zero-order chi connectivity index (χ0) is 13.3. The summed E-state index contributed by atoms with van der Waals surface area (Å²) in [6.07, 6.45) is 14.8. The van der Waals surface area contributed by atoms with Crippen LogP contribution in [0, 0.1) is 5.41 Å². The fraction of sp³-hybridized carbons (Fsp3) is 1.00. The summed E-state index contributed by atoms with van der Waals surface area (Å²) in [6.45, 7) is 5.02. The van der Waals surface area contributed by atoms with Gasteiger partial charge in [0.15, 0.2) is 0 Å². The monoisotopic (exact) mass is 264 g/mol. The molecule has 0 aromatic heterocycles. The van der Waals surface area contributed by atoms with Crippen molar-refractivity contribution in [1.29, 1.82) is 0 Å². The Morgan fingerprint density at radius 1 is 0.895 bits per heavy atom. The normalized spacial score (nSPS) is 31.9. The molecule has 0 bridgehead atoms. The van der Waals surface area contributed by atoms with Crippen LogP contribution in [0.25, 0.3) is 0 Å². The summed E-state index contributed by atoms with van der Waals surface area (Å²) in [7, 11) is 2.13. The molecule has 3 rings (SSSR count). The minimum atomic E-state index is 0.401. The van der Waals surface area contributed by atoms with Crippen LogP contribution in [0.3, 0.4) is 0 Å². The molecule has 2 aliphatic carbocycles. The highest BCUT2D eigenvalue weighted by atomic mass is 15.2. The van der Waals surface area contributed by atoms with E-state index in [0.717, 1.165) is 11.5 Å². The van der Waals surface area contributed by atoms with Crippen molar-refractivity contribution in [2.45, 2.75) is 82.7 Å². The van der Waals surface area contributed by atoms with Crippen molar-refractivity contribution in [1.82, 2.24) is 10.2 Å². The van der Waals surface area contributed by atoms with Crippen LogP contribution in [0.4, 0.5) is 0 Å². The molecule has 3 fully saturated rings. The van der Waals surface area contributed by atoms with E-state index in [-0.39, 0.29) is 0 Å². The standard InChI is InChI=1S/C17H32N2/c1-16(18-2)11-13-19(14-12-16)15-5-9-17(10-6-15)7-3-4-8-17/h15,18H,3-14H2,1-2H3. The zero-order valence-electron chi connectivity index (χ0n) is 13.0. The fourth-order valence-electron chi connectivity index (χ4n) is 4.84. The second-order valence-corrected chi connectivity index (χ2v) is 7.78. The van der Waals surface area contributed by atoms with Crippen LogP contribution in [-0.4, -0.2) is 36.6 Å². The van der Waals surface area contributed by atoms with Crippen molar-refractivity contribution in [3.63, 3.8) is 0 Å². The van der Waals surface area contributed by atoms with E-state index < -0.39 is 0 Å². The lowest BCUT2D eigenvalue weighted by Gasteiger charge is -2.46. The molecule has 1 saturated heterocycles. The second-order valence-electron chi connectivity index (χ2n) is 7.78. The maximum Gasteiger partial charge on any atom is 0.0174 e. The van der Waals surface area contributed by atoms with E-state index in [1.807, 2.05) is 0 Å². The van der Waals surface area contributed by atoms with E-state index in [2.05, 4.69) is 24.2 Å². The molecule has 1 N–H and O–H groups in total. The third kappa shape index (κ3) is 2.85. The van der Waals surface area contributed by atoms with Crippen molar-refractivity contribution in [3.05, 3.63) is 0 Å². The molecular formula is C17H32N2. The van der Waals surface area contributed by atoms with Gasteiger partial charge < -0.3 is 10.2 Å². The van der Waals surface area contributed by atoms with Gasteiger partial charge in [0.1, 0.15) is 0 Å². The molecule has 1 heterocycles. The molecule has 0 aromatic carbocycles. The van der Waals surface area contributed by atoms with Gasteiger partial charge in [-0.05, 0) is 70.8 Å². The molecule has 1 aliphatic heterocycles. The van der Waals surface area contributed by atoms with Crippen LogP contribution in [0.2, 0.25) is 0 Å². The molecule has 0 atom stereocenters. The Hall–Kier alpha value is -0.0800. The molecule has 2 saturated carbocycles. The second kappa shape index (κ2) is 5.37. The van der Waals surface area contributed by atoms with Gasteiger partial charge in [0.05, 0.1) is 0 Å². The van der Waals surface area contributed by atoms with Crippen molar-refractivity contribution in [2.75, 3.05) is 20.1 Å². The Bertz CT molecular complexity index is 288. The first-order chi connectivity index (χ1) is 9.15. The maximum atomic E-state index is 3.52. The summed E-state index contributed by atoms with van der Waals surface area (Å²) in [5.74, 6) is 0. The van der Waals surface area contributed by atoms with E-state index in [9.17, 15) is 0 Å². The minimum absolute atomic E-state index is 0.401. The molecule has 19 heavy (non-hydrogen) atoms. The zero-order valence-corrected chi connectivity index (χ0v) is 13.0. The average Bonchev–Trinajstić information content (AvgIpc) is 2.89. The number of hydrogen-bond acceptors (Lipinski definition) is 2. The molecule has 0 radical (unpaired) electrons. The number of nitrogens with one attached hydrogen (secondary N) is 1. The van der Waals surface area contributed by atoms with E-state index in [0.29, 0.717) is 5.54 Å². The Morgan fingerprint density at radius 3 is 2.00 bits per heavy atom. The van der Waals surface area contributed by atoms with Crippen molar-refractivity contribution >= 4 is 0 Å². The molecule has 110 valence electrons. The highest BCUT2D eigenvalue weighted by Crippen LogP contribution is 2.49. The van der Waals surface area contributed by atoms with Gasteiger partial charge in [-0.25, -0.2) is 0 Å². The number of piperidine rings is 1. The average molecular weight is 264 g/mol. The third-order valence-corrected chi connectivity index (χ3v) is 6.70. The van der Waals surface area contributed by atoms with E-state index in [1.165, 1.54) is 77.3 Å². The van der Waals surface area contributed by atoms with Gasteiger partial charge in [-0.2, -0.15) is 0 Å². The van der Waals surface area contributed by atoms with Crippen LogP contribution >= 0.6 is 0 Å². The van der Waals surface area contributed by atoms with Crippen molar-refractivity contribution in [2.24, 2.45) is 5.41 Å². The summed E-state index contributed by atoms with van der Waals surface area (Å²) in [5.41, 5.74) is 1.20. The Labute approximate surface area is 119 Å². The van der Waals surface area contributed by atoms with Gasteiger partial charge in [0.25, 0.3) is 0 Å².